The van der Waals surface area contributed by atoms with Gasteiger partial charge >= 0.3 is 0 Å². The summed E-state index contributed by atoms with van der Waals surface area (Å²) in [5.41, 5.74) is 0.845. The maximum absolute atomic E-state index is 13.1. The lowest BCUT2D eigenvalue weighted by Crippen LogP contribution is -2.40. The minimum Gasteiger partial charge on any atom is -0.444 e. The van der Waals surface area contributed by atoms with Gasteiger partial charge in [-0.15, -0.1) is 0 Å². The molecule has 0 aliphatic carbocycles. The molecule has 1 heterocycles. The van der Waals surface area contributed by atoms with Crippen molar-refractivity contribution in [1.29, 1.82) is 0 Å². The highest BCUT2D eigenvalue weighted by Crippen LogP contribution is 2.14. The lowest BCUT2D eigenvalue weighted by atomic mass is 10.2. The largest absolute Gasteiger partial charge is 0.444 e. The number of amides is 2. The number of nitrogens with zero attached hydrogens (tertiary/aromatic N) is 1. The number of carbonyl (C=O) groups is 2. The Morgan fingerprint density at radius 2 is 1.88 bits per heavy atom. The monoisotopic (exact) mass is 424 g/mol. The van der Waals surface area contributed by atoms with Crippen LogP contribution in [0.1, 0.15) is 42.3 Å². The van der Waals surface area contributed by atoms with Gasteiger partial charge in [-0.2, -0.15) is 0 Å². The molecule has 0 aliphatic rings. The van der Waals surface area contributed by atoms with E-state index in [4.69, 9.17) is 4.42 Å². The standard InChI is InChI=1S/C19H22BrFN2O3/c1-2-3-4-11-23(13-14-5-7-15(21)8-6-14)18(24)12-22-19(25)16-9-10-17(20)26-16/h5-10H,2-4,11-13H2,1H3,(H,22,25). The van der Waals surface area contributed by atoms with Crippen LogP contribution in [0.2, 0.25) is 0 Å². The van der Waals surface area contributed by atoms with Gasteiger partial charge < -0.3 is 14.6 Å². The molecule has 0 saturated carbocycles. The molecule has 0 aliphatic heterocycles. The van der Waals surface area contributed by atoms with Crippen LogP contribution in [0.15, 0.2) is 45.5 Å². The van der Waals surface area contributed by atoms with E-state index < -0.39 is 5.91 Å². The van der Waals surface area contributed by atoms with Gasteiger partial charge in [0, 0.05) is 13.1 Å². The Hall–Kier alpha value is -2.15. The van der Waals surface area contributed by atoms with E-state index in [0.29, 0.717) is 17.8 Å². The average Bonchev–Trinajstić information content (AvgIpc) is 3.07. The average molecular weight is 425 g/mol. The second kappa shape index (κ2) is 10.1. The Morgan fingerprint density at radius 1 is 1.15 bits per heavy atom. The van der Waals surface area contributed by atoms with Gasteiger partial charge in [0.15, 0.2) is 10.4 Å². The van der Waals surface area contributed by atoms with Gasteiger partial charge in [-0.3, -0.25) is 9.59 Å². The van der Waals surface area contributed by atoms with E-state index in [1.54, 1.807) is 23.1 Å². The summed E-state index contributed by atoms with van der Waals surface area (Å²) in [6.45, 7) is 2.94. The summed E-state index contributed by atoms with van der Waals surface area (Å²) in [4.78, 5) is 26.2. The molecule has 0 unspecified atom stereocenters. The zero-order chi connectivity index (χ0) is 18.9. The number of unbranched alkanes of at least 4 members (excludes halogenated alkanes) is 2. The Morgan fingerprint density at radius 3 is 2.50 bits per heavy atom. The van der Waals surface area contributed by atoms with Gasteiger partial charge in [0.25, 0.3) is 5.91 Å². The number of benzene rings is 1. The Balaban J connectivity index is 1.95. The summed E-state index contributed by atoms with van der Waals surface area (Å²) in [5.74, 6) is -0.807. The van der Waals surface area contributed by atoms with E-state index in [9.17, 15) is 14.0 Å². The molecule has 2 amide bonds. The molecule has 1 N–H and O–H groups in total. The van der Waals surface area contributed by atoms with E-state index >= 15 is 0 Å². The quantitative estimate of drug-likeness (QED) is 0.615. The highest BCUT2D eigenvalue weighted by atomic mass is 79.9. The van der Waals surface area contributed by atoms with Crippen LogP contribution in [0, 0.1) is 5.82 Å². The predicted molar refractivity (Wildman–Crippen MR) is 100 cm³/mol. The van der Waals surface area contributed by atoms with Crippen molar-refractivity contribution in [3.8, 4) is 0 Å². The highest BCUT2D eigenvalue weighted by molar-refractivity contribution is 9.10. The molecule has 0 bridgehead atoms. The van der Waals surface area contributed by atoms with E-state index in [0.717, 1.165) is 24.8 Å². The summed E-state index contributed by atoms with van der Waals surface area (Å²) < 4.78 is 18.7. The minimum absolute atomic E-state index is 0.121. The molecule has 0 atom stereocenters. The molecular weight excluding hydrogens is 403 g/mol. The third-order valence-corrected chi connectivity index (χ3v) is 4.29. The minimum atomic E-state index is -0.445. The van der Waals surface area contributed by atoms with E-state index in [1.165, 1.54) is 18.2 Å². The third-order valence-electron chi connectivity index (χ3n) is 3.87. The van der Waals surface area contributed by atoms with Gasteiger partial charge in [0.2, 0.25) is 5.91 Å². The van der Waals surface area contributed by atoms with Gasteiger partial charge in [-0.05, 0) is 52.2 Å². The first kappa shape index (κ1) is 20.2. The fourth-order valence-electron chi connectivity index (χ4n) is 2.45. The Kier molecular flexibility index (Phi) is 7.84. The van der Waals surface area contributed by atoms with Gasteiger partial charge in [-0.1, -0.05) is 31.9 Å². The molecule has 0 spiro atoms. The second-order valence-electron chi connectivity index (χ2n) is 5.94. The zero-order valence-electron chi connectivity index (χ0n) is 14.6. The van der Waals surface area contributed by atoms with Crippen molar-refractivity contribution < 1.29 is 18.4 Å². The van der Waals surface area contributed by atoms with Crippen molar-refractivity contribution in [1.82, 2.24) is 10.2 Å². The molecule has 5 nitrogen and oxygen atoms in total. The molecule has 2 aromatic rings. The first-order chi connectivity index (χ1) is 12.5. The van der Waals surface area contributed by atoms with Crippen LogP contribution < -0.4 is 5.32 Å². The van der Waals surface area contributed by atoms with Crippen molar-refractivity contribution in [3.63, 3.8) is 0 Å². The lowest BCUT2D eigenvalue weighted by molar-refractivity contribution is -0.130. The van der Waals surface area contributed by atoms with Crippen LogP contribution in [0.3, 0.4) is 0 Å². The van der Waals surface area contributed by atoms with Crippen molar-refractivity contribution in [2.24, 2.45) is 0 Å². The molecule has 26 heavy (non-hydrogen) atoms. The summed E-state index contributed by atoms with van der Waals surface area (Å²) in [5, 5.41) is 2.57. The predicted octanol–water partition coefficient (Wildman–Crippen LogP) is 4.13. The highest BCUT2D eigenvalue weighted by Gasteiger charge is 2.17. The van der Waals surface area contributed by atoms with Crippen LogP contribution in [0.25, 0.3) is 0 Å². The smallest absolute Gasteiger partial charge is 0.287 e. The number of rotatable bonds is 9. The van der Waals surface area contributed by atoms with Crippen molar-refractivity contribution in [2.45, 2.75) is 32.7 Å². The zero-order valence-corrected chi connectivity index (χ0v) is 16.2. The van der Waals surface area contributed by atoms with Crippen LogP contribution in [0.4, 0.5) is 4.39 Å². The number of carbonyl (C=O) groups excluding carboxylic acids is 2. The fourth-order valence-corrected chi connectivity index (χ4v) is 2.75. The first-order valence-electron chi connectivity index (χ1n) is 8.55. The van der Waals surface area contributed by atoms with Crippen LogP contribution in [-0.4, -0.2) is 29.8 Å². The van der Waals surface area contributed by atoms with Crippen molar-refractivity contribution in [2.75, 3.05) is 13.1 Å². The number of nitrogens with one attached hydrogen (secondary N) is 1. The molecule has 0 radical (unpaired) electrons. The molecule has 140 valence electrons. The lowest BCUT2D eigenvalue weighted by Gasteiger charge is -2.23. The van der Waals surface area contributed by atoms with Gasteiger partial charge in [-0.25, -0.2) is 4.39 Å². The van der Waals surface area contributed by atoms with Crippen molar-refractivity contribution in [3.05, 3.63) is 58.2 Å². The summed E-state index contributed by atoms with van der Waals surface area (Å²) in [6.07, 6.45) is 2.94. The maximum atomic E-state index is 13.1. The van der Waals surface area contributed by atoms with Gasteiger partial charge in [0.05, 0.1) is 6.54 Å². The molecule has 1 aromatic heterocycles. The molecule has 2 rings (SSSR count). The van der Waals surface area contributed by atoms with Gasteiger partial charge in [0.1, 0.15) is 5.82 Å². The Bertz CT molecular complexity index is 731. The van der Waals surface area contributed by atoms with E-state index in [2.05, 4.69) is 28.2 Å². The molecule has 0 saturated heterocycles. The fraction of sp³-hybridized carbons (Fsp3) is 0.368. The number of furan rings is 1. The normalized spacial score (nSPS) is 10.6. The van der Waals surface area contributed by atoms with Crippen molar-refractivity contribution >= 4 is 27.7 Å². The summed E-state index contributed by atoms with van der Waals surface area (Å²) >= 11 is 3.13. The SMILES string of the molecule is CCCCCN(Cc1ccc(F)cc1)C(=O)CNC(=O)c1ccc(Br)o1. The third kappa shape index (κ3) is 6.29. The van der Waals surface area contributed by atoms with Crippen LogP contribution in [-0.2, 0) is 11.3 Å². The van der Waals surface area contributed by atoms with Crippen LogP contribution >= 0.6 is 15.9 Å². The number of halogens is 2. The number of hydrogen-bond donors (Lipinski definition) is 1. The molecule has 0 fully saturated rings. The van der Waals surface area contributed by atoms with E-state index in [-0.39, 0.29) is 24.0 Å². The Labute approximate surface area is 160 Å². The topological polar surface area (TPSA) is 62.6 Å². The van der Waals surface area contributed by atoms with E-state index in [1.807, 2.05) is 0 Å². The molecule has 7 heteroatoms. The molecule has 1 aromatic carbocycles. The first-order valence-corrected chi connectivity index (χ1v) is 9.34. The summed E-state index contributed by atoms with van der Waals surface area (Å²) in [6, 6.07) is 9.22. The maximum Gasteiger partial charge on any atom is 0.287 e. The molecular formula is C19H22BrFN2O3. The second-order valence-corrected chi connectivity index (χ2v) is 6.72. The summed E-state index contributed by atoms with van der Waals surface area (Å²) in [7, 11) is 0. The number of hydrogen-bond acceptors (Lipinski definition) is 3. The van der Waals surface area contributed by atoms with Crippen LogP contribution in [0.5, 0.6) is 0 Å².